The summed E-state index contributed by atoms with van der Waals surface area (Å²) in [5.74, 6) is 1.41. The predicted octanol–water partition coefficient (Wildman–Crippen LogP) is 4.68. The quantitative estimate of drug-likeness (QED) is 0.873. The maximum atomic E-state index is 5.81. The minimum Gasteiger partial charge on any atom is -0.330 e. The molecule has 1 aromatic heterocycles. The van der Waals surface area contributed by atoms with E-state index in [1.165, 1.54) is 81.2 Å². The second-order valence-electron chi connectivity index (χ2n) is 6.99. The molecule has 0 atom stereocenters. The van der Waals surface area contributed by atoms with Crippen molar-refractivity contribution in [2.24, 2.45) is 5.73 Å². The van der Waals surface area contributed by atoms with Crippen molar-refractivity contribution < 1.29 is 0 Å². The predicted molar refractivity (Wildman–Crippen MR) is 88.6 cm³/mol. The topological polar surface area (TPSA) is 38.9 Å². The van der Waals surface area contributed by atoms with Crippen molar-refractivity contribution in [1.82, 2.24) is 4.98 Å². The van der Waals surface area contributed by atoms with E-state index in [2.05, 4.69) is 12.1 Å². The van der Waals surface area contributed by atoms with Gasteiger partial charge in [-0.2, -0.15) is 0 Å². The molecule has 2 N–H and O–H groups in total. The van der Waals surface area contributed by atoms with Crippen molar-refractivity contribution in [3.05, 3.63) is 29.1 Å². The van der Waals surface area contributed by atoms with Crippen molar-refractivity contribution in [1.29, 1.82) is 0 Å². The van der Waals surface area contributed by atoms with Gasteiger partial charge in [0.25, 0.3) is 0 Å². The lowest BCUT2D eigenvalue weighted by Gasteiger charge is -2.26. The molecule has 3 rings (SSSR count). The summed E-state index contributed by atoms with van der Waals surface area (Å²) in [6.07, 6.45) is 14.7. The third-order valence-electron chi connectivity index (χ3n) is 5.46. The van der Waals surface area contributed by atoms with Crippen LogP contribution in [0.5, 0.6) is 0 Å². The maximum Gasteiger partial charge on any atom is 0.0470 e. The highest BCUT2D eigenvalue weighted by Crippen LogP contribution is 2.36. The Labute approximate surface area is 129 Å². The number of rotatable bonds is 4. The maximum absolute atomic E-state index is 5.81. The van der Waals surface area contributed by atoms with Gasteiger partial charge in [0.2, 0.25) is 0 Å². The largest absolute Gasteiger partial charge is 0.330 e. The van der Waals surface area contributed by atoms with E-state index in [0.717, 1.165) is 13.0 Å². The fourth-order valence-corrected chi connectivity index (χ4v) is 4.24. The van der Waals surface area contributed by atoms with E-state index in [1.54, 1.807) is 0 Å². The molecule has 21 heavy (non-hydrogen) atoms. The van der Waals surface area contributed by atoms with Crippen LogP contribution in [0.25, 0.3) is 0 Å². The molecule has 0 bridgehead atoms. The molecule has 0 saturated heterocycles. The molecule has 0 spiro atoms. The molecule has 0 unspecified atom stereocenters. The van der Waals surface area contributed by atoms with Gasteiger partial charge in [-0.3, -0.25) is 4.98 Å². The third kappa shape index (κ3) is 3.66. The normalized spacial score (nSPS) is 21.6. The first kappa shape index (κ1) is 15.0. The summed E-state index contributed by atoms with van der Waals surface area (Å²) in [7, 11) is 0. The SMILES string of the molecule is NCCc1ccc(C2CCCCC2)nc1C1CCCCC1. The lowest BCUT2D eigenvalue weighted by atomic mass is 9.82. The van der Waals surface area contributed by atoms with Crippen LogP contribution in [0.15, 0.2) is 12.1 Å². The van der Waals surface area contributed by atoms with Gasteiger partial charge in [-0.1, -0.05) is 44.6 Å². The first-order valence-corrected chi connectivity index (χ1v) is 9.08. The zero-order valence-electron chi connectivity index (χ0n) is 13.3. The van der Waals surface area contributed by atoms with Gasteiger partial charge in [0, 0.05) is 23.2 Å². The fourth-order valence-electron chi connectivity index (χ4n) is 4.24. The Morgan fingerprint density at radius 3 is 2.10 bits per heavy atom. The second-order valence-corrected chi connectivity index (χ2v) is 6.99. The highest BCUT2D eigenvalue weighted by molar-refractivity contribution is 5.28. The van der Waals surface area contributed by atoms with Crippen LogP contribution in [0.1, 0.15) is 93.0 Å². The average Bonchev–Trinajstić information content (AvgIpc) is 2.57. The molecule has 0 amide bonds. The smallest absolute Gasteiger partial charge is 0.0470 e. The van der Waals surface area contributed by atoms with E-state index < -0.39 is 0 Å². The molecular formula is C19H30N2. The average molecular weight is 286 g/mol. The number of nitrogens with zero attached hydrogens (tertiary/aromatic N) is 1. The molecule has 0 radical (unpaired) electrons. The van der Waals surface area contributed by atoms with Gasteiger partial charge in [0.1, 0.15) is 0 Å². The molecule has 116 valence electrons. The Morgan fingerprint density at radius 2 is 1.48 bits per heavy atom. The highest BCUT2D eigenvalue weighted by atomic mass is 14.7. The van der Waals surface area contributed by atoms with Crippen LogP contribution in [0.3, 0.4) is 0 Å². The van der Waals surface area contributed by atoms with Crippen molar-refractivity contribution in [2.45, 2.75) is 82.5 Å². The van der Waals surface area contributed by atoms with Crippen LogP contribution in [-0.4, -0.2) is 11.5 Å². The van der Waals surface area contributed by atoms with Crippen LogP contribution >= 0.6 is 0 Å². The van der Waals surface area contributed by atoms with E-state index in [-0.39, 0.29) is 0 Å². The Balaban J connectivity index is 1.85. The fraction of sp³-hybridized carbons (Fsp3) is 0.737. The van der Waals surface area contributed by atoms with Crippen LogP contribution in [0.2, 0.25) is 0 Å². The summed E-state index contributed by atoms with van der Waals surface area (Å²) in [6, 6.07) is 4.64. The molecular weight excluding hydrogens is 256 g/mol. The number of hydrogen-bond donors (Lipinski definition) is 1. The monoisotopic (exact) mass is 286 g/mol. The summed E-state index contributed by atoms with van der Waals surface area (Å²) in [4.78, 5) is 5.18. The first-order valence-electron chi connectivity index (χ1n) is 9.08. The zero-order chi connectivity index (χ0) is 14.5. The van der Waals surface area contributed by atoms with Gasteiger partial charge in [-0.05, 0) is 50.3 Å². The minimum absolute atomic E-state index is 0.698. The molecule has 1 heterocycles. The summed E-state index contributed by atoms with van der Waals surface area (Å²) in [6.45, 7) is 0.740. The molecule has 2 heteroatoms. The van der Waals surface area contributed by atoms with Gasteiger partial charge in [0.05, 0.1) is 0 Å². The molecule has 2 nitrogen and oxygen atoms in total. The lowest BCUT2D eigenvalue weighted by Crippen LogP contribution is -2.15. The third-order valence-corrected chi connectivity index (χ3v) is 5.46. The molecule has 2 aliphatic carbocycles. The lowest BCUT2D eigenvalue weighted by molar-refractivity contribution is 0.420. The van der Waals surface area contributed by atoms with Crippen molar-refractivity contribution in [3.8, 4) is 0 Å². The number of pyridine rings is 1. The molecule has 0 aliphatic heterocycles. The van der Waals surface area contributed by atoms with Crippen LogP contribution in [-0.2, 0) is 6.42 Å². The number of hydrogen-bond acceptors (Lipinski definition) is 2. The Bertz CT molecular complexity index is 443. The summed E-state index contributed by atoms with van der Waals surface area (Å²) < 4.78 is 0. The molecule has 0 aromatic carbocycles. The van der Waals surface area contributed by atoms with Crippen LogP contribution < -0.4 is 5.73 Å². The van der Waals surface area contributed by atoms with E-state index in [1.807, 2.05) is 0 Å². The van der Waals surface area contributed by atoms with E-state index >= 15 is 0 Å². The van der Waals surface area contributed by atoms with Gasteiger partial charge in [-0.25, -0.2) is 0 Å². The van der Waals surface area contributed by atoms with E-state index in [0.29, 0.717) is 11.8 Å². The minimum atomic E-state index is 0.698. The van der Waals surface area contributed by atoms with Gasteiger partial charge in [0.15, 0.2) is 0 Å². The van der Waals surface area contributed by atoms with Crippen molar-refractivity contribution in [3.63, 3.8) is 0 Å². The standard InChI is InChI=1S/C19H30N2/c20-14-13-17-11-12-18(15-7-3-1-4-8-15)21-19(17)16-9-5-2-6-10-16/h11-12,15-16H,1-10,13-14,20H2. The summed E-state index contributed by atoms with van der Waals surface area (Å²) in [5.41, 5.74) is 10.0. The van der Waals surface area contributed by atoms with Gasteiger partial charge in [-0.15, -0.1) is 0 Å². The molecule has 1 aromatic rings. The van der Waals surface area contributed by atoms with Crippen molar-refractivity contribution in [2.75, 3.05) is 6.54 Å². The molecule has 2 aliphatic rings. The summed E-state index contributed by atoms with van der Waals surface area (Å²) in [5, 5.41) is 0. The first-order chi connectivity index (χ1) is 10.4. The highest BCUT2D eigenvalue weighted by Gasteiger charge is 2.23. The van der Waals surface area contributed by atoms with Crippen LogP contribution in [0.4, 0.5) is 0 Å². The van der Waals surface area contributed by atoms with Crippen LogP contribution in [0, 0.1) is 0 Å². The molecule has 2 saturated carbocycles. The van der Waals surface area contributed by atoms with E-state index in [9.17, 15) is 0 Å². The number of aromatic nitrogens is 1. The summed E-state index contributed by atoms with van der Waals surface area (Å²) >= 11 is 0. The Morgan fingerprint density at radius 1 is 0.857 bits per heavy atom. The van der Waals surface area contributed by atoms with E-state index in [4.69, 9.17) is 10.7 Å². The van der Waals surface area contributed by atoms with Gasteiger partial charge >= 0.3 is 0 Å². The number of nitrogens with two attached hydrogens (primary N) is 1. The Kier molecular flexibility index (Phi) is 5.29. The molecule has 2 fully saturated rings. The van der Waals surface area contributed by atoms with Crippen molar-refractivity contribution >= 4 is 0 Å². The Hall–Kier alpha value is -0.890. The second kappa shape index (κ2) is 7.40. The van der Waals surface area contributed by atoms with Gasteiger partial charge < -0.3 is 5.73 Å². The zero-order valence-corrected chi connectivity index (χ0v) is 13.3.